The van der Waals surface area contributed by atoms with Gasteiger partial charge in [0.1, 0.15) is 0 Å². The van der Waals surface area contributed by atoms with Crippen LogP contribution >= 0.6 is 15.9 Å². The van der Waals surface area contributed by atoms with Crippen molar-refractivity contribution in [1.82, 2.24) is 0 Å². The fourth-order valence-corrected chi connectivity index (χ4v) is 5.71. The summed E-state index contributed by atoms with van der Waals surface area (Å²) in [7, 11) is -6.94. The van der Waals surface area contributed by atoms with Crippen LogP contribution in [-0.4, -0.2) is 45.6 Å². The van der Waals surface area contributed by atoms with E-state index in [0.717, 1.165) is 4.47 Å². The lowest BCUT2D eigenvalue weighted by Crippen LogP contribution is -2.31. The molecule has 2 aromatic carbocycles. The van der Waals surface area contributed by atoms with Crippen molar-refractivity contribution in [3.8, 4) is 0 Å². The van der Waals surface area contributed by atoms with Gasteiger partial charge in [0.2, 0.25) is 0 Å². The van der Waals surface area contributed by atoms with Gasteiger partial charge in [0.25, 0.3) is 10.0 Å². The Morgan fingerprint density at radius 3 is 2.08 bits per heavy atom. The summed E-state index contributed by atoms with van der Waals surface area (Å²) in [6.07, 6.45) is -0.962. The molecule has 1 heterocycles. The number of benzene rings is 2. The number of hydrogen-bond donors (Lipinski definition) is 3. The van der Waals surface area contributed by atoms with Crippen LogP contribution in [0.4, 0.5) is 11.4 Å². The molecule has 0 aromatic heterocycles. The molecular weight excluding hydrogens is 444 g/mol. The zero-order valence-electron chi connectivity index (χ0n) is 13.5. The molecule has 1 fully saturated rings. The maximum absolute atomic E-state index is 12.3. The second-order valence-corrected chi connectivity index (χ2v) is 10.8. The maximum atomic E-state index is 12.3. The van der Waals surface area contributed by atoms with Crippen LogP contribution in [0.5, 0.6) is 0 Å². The van der Waals surface area contributed by atoms with Crippen molar-refractivity contribution in [3.63, 3.8) is 0 Å². The zero-order valence-corrected chi connectivity index (χ0v) is 16.7. The Labute approximate surface area is 160 Å². The monoisotopic (exact) mass is 460 g/mol. The van der Waals surface area contributed by atoms with E-state index in [0.29, 0.717) is 11.4 Å². The van der Waals surface area contributed by atoms with Crippen LogP contribution in [0.25, 0.3) is 0 Å². The van der Waals surface area contributed by atoms with Gasteiger partial charge in [-0.05, 0) is 48.5 Å². The van der Waals surface area contributed by atoms with Gasteiger partial charge in [0.05, 0.1) is 28.5 Å². The molecule has 10 heteroatoms. The SMILES string of the molecule is O=S1(=O)C[C@@H](O)[C@H](Nc2ccc(NS(=O)(=O)c3ccc(Br)cc3)cc2)C1. The summed E-state index contributed by atoms with van der Waals surface area (Å²) < 4.78 is 51.0. The highest BCUT2D eigenvalue weighted by Crippen LogP contribution is 2.22. The third kappa shape index (κ3) is 4.56. The van der Waals surface area contributed by atoms with Crippen molar-refractivity contribution in [2.24, 2.45) is 0 Å². The number of aliphatic hydroxyl groups is 1. The number of halogens is 1. The molecule has 140 valence electrons. The van der Waals surface area contributed by atoms with E-state index in [4.69, 9.17) is 0 Å². The van der Waals surface area contributed by atoms with Gasteiger partial charge in [0.15, 0.2) is 9.84 Å². The molecule has 3 rings (SSSR count). The van der Waals surface area contributed by atoms with E-state index in [1.807, 2.05) is 0 Å². The highest BCUT2D eigenvalue weighted by molar-refractivity contribution is 9.10. The number of rotatable bonds is 5. The summed E-state index contributed by atoms with van der Waals surface area (Å²) in [6.45, 7) is 0. The third-order valence-corrected chi connectivity index (χ3v) is 7.58. The number of sulfonamides is 1. The van der Waals surface area contributed by atoms with Gasteiger partial charge in [0, 0.05) is 15.8 Å². The van der Waals surface area contributed by atoms with Crippen molar-refractivity contribution in [2.45, 2.75) is 17.0 Å². The molecule has 1 aliphatic rings. The van der Waals surface area contributed by atoms with Gasteiger partial charge in [-0.25, -0.2) is 16.8 Å². The average molecular weight is 461 g/mol. The predicted molar refractivity (Wildman–Crippen MR) is 103 cm³/mol. The summed E-state index contributed by atoms with van der Waals surface area (Å²) in [6, 6.07) is 12.1. The number of nitrogens with one attached hydrogen (secondary N) is 2. The minimum atomic E-state index is -3.70. The fraction of sp³-hybridized carbons (Fsp3) is 0.250. The minimum Gasteiger partial charge on any atom is -0.390 e. The first kappa shape index (κ1) is 19.2. The van der Waals surface area contributed by atoms with Crippen molar-refractivity contribution in [2.75, 3.05) is 21.5 Å². The Bertz CT molecular complexity index is 990. The molecule has 2 aromatic rings. The summed E-state index contributed by atoms with van der Waals surface area (Å²) in [5.74, 6) is -0.387. The fourth-order valence-electron chi connectivity index (χ4n) is 2.64. The molecule has 26 heavy (non-hydrogen) atoms. The first-order valence-electron chi connectivity index (χ1n) is 7.68. The minimum absolute atomic E-state index is 0.133. The van der Waals surface area contributed by atoms with E-state index in [-0.39, 0.29) is 16.4 Å². The van der Waals surface area contributed by atoms with Crippen molar-refractivity contribution in [3.05, 3.63) is 53.0 Å². The van der Waals surface area contributed by atoms with Crippen LogP contribution in [-0.2, 0) is 19.9 Å². The van der Waals surface area contributed by atoms with Crippen molar-refractivity contribution in [1.29, 1.82) is 0 Å². The van der Waals surface area contributed by atoms with Gasteiger partial charge in [-0.3, -0.25) is 4.72 Å². The largest absolute Gasteiger partial charge is 0.390 e. The van der Waals surface area contributed by atoms with E-state index in [1.165, 1.54) is 12.1 Å². The number of hydrogen-bond acceptors (Lipinski definition) is 6. The lowest BCUT2D eigenvalue weighted by molar-refractivity contribution is 0.190. The highest BCUT2D eigenvalue weighted by Gasteiger charge is 2.36. The number of anilines is 2. The van der Waals surface area contributed by atoms with Crippen LogP contribution in [0, 0.1) is 0 Å². The Kier molecular flexibility index (Phi) is 5.29. The molecular formula is C16H17BrN2O5S2. The number of aliphatic hydroxyl groups excluding tert-OH is 1. The van der Waals surface area contributed by atoms with Crippen LogP contribution in [0.2, 0.25) is 0 Å². The predicted octanol–water partition coefficient (Wildman–Crippen LogP) is 1.82. The third-order valence-electron chi connectivity index (χ3n) is 3.94. The molecule has 0 aliphatic carbocycles. The molecule has 0 radical (unpaired) electrons. The summed E-state index contributed by atoms with van der Waals surface area (Å²) in [5.41, 5.74) is 0.968. The molecule has 0 bridgehead atoms. The standard InChI is InChI=1S/C16H17BrN2O5S2/c17-11-1-7-14(8-2-11)26(23,24)19-13-5-3-12(4-6-13)18-15-9-25(21,22)10-16(15)20/h1-8,15-16,18-20H,9-10H2/t15-,16-/m1/s1. The quantitative estimate of drug-likeness (QED) is 0.626. The summed E-state index contributed by atoms with van der Waals surface area (Å²) in [5, 5.41) is 12.8. The molecule has 2 atom stereocenters. The van der Waals surface area contributed by atoms with Crippen LogP contribution < -0.4 is 10.0 Å². The van der Waals surface area contributed by atoms with Gasteiger partial charge in [-0.2, -0.15) is 0 Å². The average Bonchev–Trinajstić information content (AvgIpc) is 2.81. The van der Waals surface area contributed by atoms with E-state index in [2.05, 4.69) is 26.0 Å². The molecule has 0 spiro atoms. The van der Waals surface area contributed by atoms with Gasteiger partial charge in [-0.1, -0.05) is 15.9 Å². The maximum Gasteiger partial charge on any atom is 0.261 e. The first-order valence-corrected chi connectivity index (χ1v) is 11.8. The van der Waals surface area contributed by atoms with Crippen LogP contribution in [0.15, 0.2) is 57.9 Å². The van der Waals surface area contributed by atoms with E-state index >= 15 is 0 Å². The van der Waals surface area contributed by atoms with Crippen molar-refractivity contribution >= 4 is 47.2 Å². The second-order valence-electron chi connectivity index (χ2n) is 6.03. The molecule has 7 nitrogen and oxygen atoms in total. The zero-order chi connectivity index (χ0) is 18.9. The van der Waals surface area contributed by atoms with E-state index < -0.39 is 32.0 Å². The lowest BCUT2D eigenvalue weighted by Gasteiger charge is -2.16. The molecule has 3 N–H and O–H groups in total. The van der Waals surface area contributed by atoms with E-state index in [9.17, 15) is 21.9 Å². The molecule has 1 saturated heterocycles. The second kappa shape index (κ2) is 7.18. The smallest absolute Gasteiger partial charge is 0.261 e. The van der Waals surface area contributed by atoms with Crippen molar-refractivity contribution < 1.29 is 21.9 Å². The molecule has 0 unspecified atom stereocenters. The Hall–Kier alpha value is -1.62. The topological polar surface area (TPSA) is 113 Å². The summed E-state index contributed by atoms with van der Waals surface area (Å²) >= 11 is 3.26. The Balaban J connectivity index is 1.69. The highest BCUT2D eigenvalue weighted by atomic mass is 79.9. The molecule has 0 amide bonds. The molecule has 1 aliphatic heterocycles. The Morgan fingerprint density at radius 2 is 1.54 bits per heavy atom. The summed E-state index contributed by atoms with van der Waals surface area (Å²) in [4.78, 5) is 0.141. The Morgan fingerprint density at radius 1 is 0.962 bits per heavy atom. The number of sulfone groups is 1. The van der Waals surface area contributed by atoms with Gasteiger partial charge >= 0.3 is 0 Å². The van der Waals surface area contributed by atoms with Crippen LogP contribution in [0.1, 0.15) is 0 Å². The van der Waals surface area contributed by atoms with E-state index in [1.54, 1.807) is 36.4 Å². The van der Waals surface area contributed by atoms with Gasteiger partial charge < -0.3 is 10.4 Å². The van der Waals surface area contributed by atoms with Crippen LogP contribution in [0.3, 0.4) is 0 Å². The first-order chi connectivity index (χ1) is 12.1. The normalized spacial score (nSPS) is 22.1. The van der Waals surface area contributed by atoms with Gasteiger partial charge in [-0.15, -0.1) is 0 Å². The lowest BCUT2D eigenvalue weighted by atomic mass is 10.2. The molecule has 0 saturated carbocycles.